The highest BCUT2D eigenvalue weighted by Crippen LogP contribution is 2.29. The summed E-state index contributed by atoms with van der Waals surface area (Å²) in [6, 6.07) is 14.5. The summed E-state index contributed by atoms with van der Waals surface area (Å²) in [5.41, 5.74) is 1.43. The third kappa shape index (κ3) is 4.73. The normalized spacial score (nSPS) is 10.0. The number of ether oxygens (including phenoxy) is 2. The summed E-state index contributed by atoms with van der Waals surface area (Å²) < 4.78 is 10.3. The van der Waals surface area contributed by atoms with E-state index in [1.807, 2.05) is 37.3 Å². The molecule has 0 heterocycles. The first-order valence-electron chi connectivity index (χ1n) is 7.95. The Bertz CT molecular complexity index is 731. The molecule has 2 aromatic carbocycles. The minimum absolute atomic E-state index is 0.384. The first-order chi connectivity index (χ1) is 12.1. The van der Waals surface area contributed by atoms with Crippen LogP contribution in [0.15, 0.2) is 48.5 Å². The second-order valence-electron chi connectivity index (χ2n) is 5.33. The molecule has 25 heavy (non-hydrogen) atoms. The van der Waals surface area contributed by atoms with Gasteiger partial charge in [0.25, 0.3) is 0 Å². The number of nitrogens with one attached hydrogen (secondary N) is 1. The monoisotopic (exact) mass is 342 g/mol. The molecule has 0 aromatic heterocycles. The Kier molecular flexibility index (Phi) is 6.39. The fourth-order valence-corrected chi connectivity index (χ4v) is 2.37. The molecule has 0 atom stereocenters. The summed E-state index contributed by atoms with van der Waals surface area (Å²) in [7, 11) is 3.04. The van der Waals surface area contributed by atoms with Gasteiger partial charge in [-0.15, -0.1) is 0 Å². The van der Waals surface area contributed by atoms with Gasteiger partial charge in [0.15, 0.2) is 11.5 Å². The van der Waals surface area contributed by atoms with Gasteiger partial charge in [-0.2, -0.15) is 0 Å². The van der Waals surface area contributed by atoms with Crippen LogP contribution < -0.4 is 14.8 Å². The van der Waals surface area contributed by atoms with Gasteiger partial charge in [-0.25, -0.2) is 0 Å². The summed E-state index contributed by atoms with van der Waals surface area (Å²) in [6.07, 6.45) is 0. The lowest BCUT2D eigenvalue weighted by atomic mass is 10.2. The lowest BCUT2D eigenvalue weighted by Crippen LogP contribution is -2.39. The van der Waals surface area contributed by atoms with E-state index in [0.717, 1.165) is 5.56 Å². The first-order valence-corrected chi connectivity index (χ1v) is 7.95. The molecule has 1 N–H and O–H groups in total. The van der Waals surface area contributed by atoms with Crippen molar-refractivity contribution in [2.45, 2.75) is 13.5 Å². The summed E-state index contributed by atoms with van der Waals surface area (Å²) in [4.78, 5) is 26.2. The van der Waals surface area contributed by atoms with Crippen LogP contribution in [0.1, 0.15) is 12.5 Å². The molecule has 0 aliphatic rings. The molecular formula is C19H22N2O4. The van der Waals surface area contributed by atoms with E-state index >= 15 is 0 Å². The van der Waals surface area contributed by atoms with E-state index in [-0.39, 0.29) is 0 Å². The second kappa shape index (κ2) is 8.73. The van der Waals surface area contributed by atoms with Crippen molar-refractivity contribution in [2.24, 2.45) is 0 Å². The zero-order chi connectivity index (χ0) is 18.2. The summed E-state index contributed by atoms with van der Waals surface area (Å²) in [5.74, 6) is -0.249. The molecule has 0 saturated heterocycles. The van der Waals surface area contributed by atoms with Crippen molar-refractivity contribution < 1.29 is 19.1 Å². The van der Waals surface area contributed by atoms with Crippen LogP contribution in [0.3, 0.4) is 0 Å². The Labute approximate surface area is 147 Å². The van der Waals surface area contributed by atoms with E-state index in [2.05, 4.69) is 5.32 Å². The van der Waals surface area contributed by atoms with Crippen LogP contribution in [0.25, 0.3) is 0 Å². The van der Waals surface area contributed by atoms with E-state index in [1.54, 1.807) is 18.2 Å². The maximum atomic E-state index is 12.4. The maximum Gasteiger partial charge on any atom is 0.313 e. The number of likely N-dealkylation sites (N-methyl/N-ethyl adjacent to an activating group) is 1. The van der Waals surface area contributed by atoms with Gasteiger partial charge in [0.1, 0.15) is 0 Å². The number of anilines is 1. The van der Waals surface area contributed by atoms with Crippen LogP contribution in [0.4, 0.5) is 5.69 Å². The average Bonchev–Trinajstić information content (AvgIpc) is 2.66. The highest BCUT2D eigenvalue weighted by atomic mass is 16.5. The van der Waals surface area contributed by atoms with E-state index in [4.69, 9.17) is 9.47 Å². The first kappa shape index (κ1) is 18.3. The zero-order valence-electron chi connectivity index (χ0n) is 14.6. The molecule has 2 rings (SSSR count). The van der Waals surface area contributed by atoms with Gasteiger partial charge >= 0.3 is 11.8 Å². The molecular weight excluding hydrogens is 320 g/mol. The highest BCUT2D eigenvalue weighted by molar-refractivity contribution is 6.39. The van der Waals surface area contributed by atoms with Crippen LogP contribution >= 0.6 is 0 Å². The van der Waals surface area contributed by atoms with Crippen molar-refractivity contribution in [3.8, 4) is 11.5 Å². The predicted molar refractivity (Wildman–Crippen MR) is 95.7 cm³/mol. The smallest absolute Gasteiger partial charge is 0.313 e. The zero-order valence-corrected chi connectivity index (χ0v) is 14.6. The van der Waals surface area contributed by atoms with Gasteiger partial charge < -0.3 is 19.7 Å². The number of carbonyl (C=O) groups excluding carboxylic acids is 2. The molecule has 132 valence electrons. The number of nitrogens with zero attached hydrogens (tertiary/aromatic N) is 1. The Morgan fingerprint density at radius 3 is 2.28 bits per heavy atom. The van der Waals surface area contributed by atoms with E-state index in [9.17, 15) is 9.59 Å². The topological polar surface area (TPSA) is 67.9 Å². The van der Waals surface area contributed by atoms with Gasteiger partial charge in [0, 0.05) is 24.8 Å². The number of benzene rings is 2. The van der Waals surface area contributed by atoms with Crippen molar-refractivity contribution in [1.29, 1.82) is 0 Å². The number of hydrogen-bond donors (Lipinski definition) is 1. The third-order valence-corrected chi connectivity index (χ3v) is 3.72. The molecule has 6 nitrogen and oxygen atoms in total. The van der Waals surface area contributed by atoms with Crippen LogP contribution in [-0.2, 0) is 16.1 Å². The molecule has 0 bridgehead atoms. The number of amides is 2. The van der Waals surface area contributed by atoms with Gasteiger partial charge in [0.05, 0.1) is 14.2 Å². The number of carbonyl (C=O) groups is 2. The Morgan fingerprint density at radius 2 is 1.68 bits per heavy atom. The lowest BCUT2D eigenvalue weighted by Gasteiger charge is -2.20. The Morgan fingerprint density at radius 1 is 1.00 bits per heavy atom. The van der Waals surface area contributed by atoms with Gasteiger partial charge in [-0.1, -0.05) is 30.3 Å². The van der Waals surface area contributed by atoms with Crippen molar-refractivity contribution in [3.05, 3.63) is 54.1 Å². The predicted octanol–water partition coefficient (Wildman–Crippen LogP) is 2.69. The molecule has 0 aliphatic carbocycles. The Balaban J connectivity index is 2.07. The number of rotatable bonds is 6. The van der Waals surface area contributed by atoms with Crippen molar-refractivity contribution in [3.63, 3.8) is 0 Å². The molecule has 2 amide bonds. The third-order valence-electron chi connectivity index (χ3n) is 3.72. The summed E-state index contributed by atoms with van der Waals surface area (Å²) >= 11 is 0. The van der Waals surface area contributed by atoms with Crippen molar-refractivity contribution in [2.75, 3.05) is 26.1 Å². The van der Waals surface area contributed by atoms with E-state index in [1.165, 1.54) is 19.1 Å². The van der Waals surface area contributed by atoms with Crippen LogP contribution in [-0.4, -0.2) is 37.5 Å². The molecule has 0 fully saturated rings. The SMILES string of the molecule is CCN(Cc1ccccc1)C(=O)C(=O)Nc1ccc(OC)c(OC)c1. The fraction of sp³-hybridized carbons (Fsp3) is 0.263. The minimum atomic E-state index is -0.690. The second-order valence-corrected chi connectivity index (χ2v) is 5.33. The number of hydrogen-bond acceptors (Lipinski definition) is 4. The van der Waals surface area contributed by atoms with E-state index < -0.39 is 11.8 Å². The summed E-state index contributed by atoms with van der Waals surface area (Å²) in [5, 5.41) is 2.60. The van der Waals surface area contributed by atoms with Gasteiger partial charge in [-0.3, -0.25) is 9.59 Å². The van der Waals surface area contributed by atoms with Crippen LogP contribution in [0.5, 0.6) is 11.5 Å². The molecule has 0 aliphatic heterocycles. The minimum Gasteiger partial charge on any atom is -0.493 e. The number of methoxy groups -OCH3 is 2. The van der Waals surface area contributed by atoms with Crippen LogP contribution in [0.2, 0.25) is 0 Å². The van der Waals surface area contributed by atoms with E-state index in [0.29, 0.717) is 30.3 Å². The standard InChI is InChI=1S/C19H22N2O4/c1-4-21(13-14-8-6-5-7-9-14)19(23)18(22)20-15-10-11-16(24-2)17(12-15)25-3/h5-12H,4,13H2,1-3H3,(H,20,22). The molecule has 0 unspecified atom stereocenters. The quantitative estimate of drug-likeness (QED) is 0.820. The fourth-order valence-electron chi connectivity index (χ4n) is 2.37. The summed E-state index contributed by atoms with van der Waals surface area (Å²) in [6.45, 7) is 2.66. The molecule has 0 radical (unpaired) electrons. The van der Waals surface area contributed by atoms with Gasteiger partial charge in [0.2, 0.25) is 0 Å². The van der Waals surface area contributed by atoms with Crippen LogP contribution in [0, 0.1) is 0 Å². The molecule has 2 aromatic rings. The van der Waals surface area contributed by atoms with Crippen molar-refractivity contribution >= 4 is 17.5 Å². The molecule has 0 spiro atoms. The molecule has 0 saturated carbocycles. The van der Waals surface area contributed by atoms with Crippen molar-refractivity contribution in [1.82, 2.24) is 4.90 Å². The Hall–Kier alpha value is -3.02. The van der Waals surface area contributed by atoms with Gasteiger partial charge in [-0.05, 0) is 24.6 Å². The molecule has 6 heteroatoms. The largest absolute Gasteiger partial charge is 0.493 e. The maximum absolute atomic E-state index is 12.4. The average molecular weight is 342 g/mol. The lowest BCUT2D eigenvalue weighted by molar-refractivity contribution is -0.143. The highest BCUT2D eigenvalue weighted by Gasteiger charge is 2.21.